The van der Waals surface area contributed by atoms with Gasteiger partial charge < -0.3 is 10.1 Å². The van der Waals surface area contributed by atoms with Crippen LogP contribution in [0.2, 0.25) is 0 Å². The third-order valence-electron chi connectivity index (χ3n) is 2.78. The van der Waals surface area contributed by atoms with Gasteiger partial charge in [0, 0.05) is 19.4 Å². The van der Waals surface area contributed by atoms with Crippen LogP contribution in [0.25, 0.3) is 0 Å². The van der Waals surface area contributed by atoms with Crippen molar-refractivity contribution in [1.82, 2.24) is 5.32 Å². The van der Waals surface area contributed by atoms with Gasteiger partial charge in [0.1, 0.15) is 11.4 Å². The molecule has 0 aliphatic heterocycles. The summed E-state index contributed by atoms with van der Waals surface area (Å²) in [7, 11) is 0. The summed E-state index contributed by atoms with van der Waals surface area (Å²) in [5.41, 5.74) is -0.477. The molecule has 0 saturated heterocycles. The summed E-state index contributed by atoms with van der Waals surface area (Å²) in [6.07, 6.45) is 3.26. The minimum atomic E-state index is -0.477. The molecule has 1 amide bonds. The molecule has 0 aromatic carbocycles. The standard InChI is InChI=1S/C14H25NO3/c1-10(7-12(16)8-11-5-6-11)9-15-13(17)18-14(2,3)4/h10-11H,5-9H2,1-4H3,(H,15,17). The summed E-state index contributed by atoms with van der Waals surface area (Å²) in [6, 6.07) is 0. The summed E-state index contributed by atoms with van der Waals surface area (Å²) in [6.45, 7) is 7.95. The van der Waals surface area contributed by atoms with E-state index < -0.39 is 11.7 Å². The SMILES string of the molecule is CC(CNC(=O)OC(C)(C)C)CC(=O)CC1CC1. The summed E-state index contributed by atoms with van der Waals surface area (Å²) >= 11 is 0. The van der Waals surface area contributed by atoms with Gasteiger partial charge in [-0.1, -0.05) is 6.92 Å². The van der Waals surface area contributed by atoms with Gasteiger partial charge in [0.15, 0.2) is 0 Å². The number of alkyl carbamates (subject to hydrolysis) is 1. The van der Waals surface area contributed by atoms with E-state index in [1.54, 1.807) is 0 Å². The van der Waals surface area contributed by atoms with E-state index in [0.29, 0.717) is 24.7 Å². The molecule has 1 atom stereocenters. The van der Waals surface area contributed by atoms with Gasteiger partial charge in [-0.25, -0.2) is 4.79 Å². The highest BCUT2D eigenvalue weighted by molar-refractivity contribution is 5.79. The van der Waals surface area contributed by atoms with Gasteiger partial charge in [0.25, 0.3) is 0 Å². The minimum Gasteiger partial charge on any atom is -0.444 e. The van der Waals surface area contributed by atoms with E-state index >= 15 is 0 Å². The molecule has 0 aromatic heterocycles. The number of ketones is 1. The van der Waals surface area contributed by atoms with Crippen LogP contribution in [0.5, 0.6) is 0 Å². The lowest BCUT2D eigenvalue weighted by molar-refractivity contribution is -0.120. The van der Waals surface area contributed by atoms with Crippen molar-refractivity contribution in [2.45, 2.75) is 59.0 Å². The van der Waals surface area contributed by atoms with Crippen LogP contribution in [0.3, 0.4) is 0 Å². The molecule has 1 N–H and O–H groups in total. The van der Waals surface area contributed by atoms with E-state index in [2.05, 4.69) is 5.32 Å². The first-order valence-corrected chi connectivity index (χ1v) is 6.75. The molecule has 0 bridgehead atoms. The normalized spacial score (nSPS) is 17.1. The third-order valence-corrected chi connectivity index (χ3v) is 2.78. The number of hydrogen-bond acceptors (Lipinski definition) is 3. The van der Waals surface area contributed by atoms with Gasteiger partial charge in [0.2, 0.25) is 0 Å². The van der Waals surface area contributed by atoms with Crippen LogP contribution < -0.4 is 5.32 Å². The second-order valence-electron chi connectivity index (χ2n) is 6.38. The first-order valence-electron chi connectivity index (χ1n) is 6.75. The number of ether oxygens (including phenoxy) is 1. The van der Waals surface area contributed by atoms with Gasteiger partial charge >= 0.3 is 6.09 Å². The van der Waals surface area contributed by atoms with E-state index in [0.717, 1.165) is 6.42 Å². The zero-order valence-corrected chi connectivity index (χ0v) is 11.9. The first-order chi connectivity index (χ1) is 8.26. The van der Waals surface area contributed by atoms with Crippen molar-refractivity contribution in [1.29, 1.82) is 0 Å². The molecule has 0 radical (unpaired) electrons. The maximum absolute atomic E-state index is 11.6. The molecule has 104 valence electrons. The Bertz CT molecular complexity index is 303. The van der Waals surface area contributed by atoms with Crippen molar-refractivity contribution in [2.24, 2.45) is 11.8 Å². The maximum atomic E-state index is 11.6. The van der Waals surface area contributed by atoms with Gasteiger partial charge in [-0.2, -0.15) is 0 Å². The molecule has 1 fully saturated rings. The maximum Gasteiger partial charge on any atom is 0.407 e. The van der Waals surface area contributed by atoms with Gasteiger partial charge in [-0.05, 0) is 45.4 Å². The number of Topliss-reactive ketones (excluding diaryl/α,β-unsaturated/α-hetero) is 1. The van der Waals surface area contributed by atoms with Gasteiger partial charge in [-0.15, -0.1) is 0 Å². The first kappa shape index (κ1) is 15.0. The fourth-order valence-corrected chi connectivity index (χ4v) is 1.76. The van der Waals surface area contributed by atoms with Crippen molar-refractivity contribution in [3.05, 3.63) is 0 Å². The van der Waals surface area contributed by atoms with E-state index in [1.807, 2.05) is 27.7 Å². The molecule has 1 aliphatic rings. The molecule has 0 aromatic rings. The van der Waals surface area contributed by atoms with E-state index in [1.165, 1.54) is 12.8 Å². The van der Waals surface area contributed by atoms with Crippen LogP contribution >= 0.6 is 0 Å². The van der Waals surface area contributed by atoms with Crippen LogP contribution in [-0.4, -0.2) is 24.0 Å². The zero-order valence-electron chi connectivity index (χ0n) is 11.9. The average molecular weight is 255 g/mol. The summed E-state index contributed by atoms with van der Waals surface area (Å²) in [5.74, 6) is 1.13. The minimum absolute atomic E-state index is 0.170. The molecule has 1 unspecified atom stereocenters. The lowest BCUT2D eigenvalue weighted by Gasteiger charge is -2.20. The molecule has 1 aliphatic carbocycles. The molecule has 4 heteroatoms. The van der Waals surface area contributed by atoms with Crippen molar-refractivity contribution < 1.29 is 14.3 Å². The summed E-state index contributed by atoms with van der Waals surface area (Å²) in [5, 5.41) is 2.70. The van der Waals surface area contributed by atoms with Gasteiger partial charge in [-0.3, -0.25) is 4.79 Å². The molecule has 0 spiro atoms. The zero-order chi connectivity index (χ0) is 13.8. The predicted octanol–water partition coefficient (Wildman–Crippen LogP) is 2.91. The Morgan fingerprint density at radius 1 is 1.33 bits per heavy atom. The van der Waals surface area contributed by atoms with Crippen LogP contribution in [0.15, 0.2) is 0 Å². The summed E-state index contributed by atoms with van der Waals surface area (Å²) in [4.78, 5) is 23.1. The topological polar surface area (TPSA) is 55.4 Å². The fraction of sp³-hybridized carbons (Fsp3) is 0.857. The number of nitrogens with one attached hydrogen (secondary N) is 1. The lowest BCUT2D eigenvalue weighted by atomic mass is 10.0. The highest BCUT2D eigenvalue weighted by Gasteiger charge is 2.25. The Kier molecular flexibility index (Phi) is 5.17. The predicted molar refractivity (Wildman–Crippen MR) is 70.4 cm³/mol. The Hall–Kier alpha value is -1.06. The number of amides is 1. The molecule has 4 nitrogen and oxygen atoms in total. The van der Waals surface area contributed by atoms with Crippen LogP contribution in [0.1, 0.15) is 53.4 Å². The highest BCUT2D eigenvalue weighted by atomic mass is 16.6. The molecule has 1 rings (SSSR count). The number of rotatable bonds is 6. The molecular formula is C14H25NO3. The molecule has 18 heavy (non-hydrogen) atoms. The third kappa shape index (κ3) is 7.30. The van der Waals surface area contributed by atoms with E-state index in [-0.39, 0.29) is 5.92 Å². The smallest absolute Gasteiger partial charge is 0.407 e. The number of carbonyl (C=O) groups is 2. The molecular weight excluding hydrogens is 230 g/mol. The van der Waals surface area contributed by atoms with Crippen molar-refractivity contribution in [3.8, 4) is 0 Å². The quantitative estimate of drug-likeness (QED) is 0.794. The van der Waals surface area contributed by atoms with Crippen LogP contribution in [0.4, 0.5) is 4.79 Å². The fourth-order valence-electron chi connectivity index (χ4n) is 1.76. The monoisotopic (exact) mass is 255 g/mol. The average Bonchev–Trinajstić information content (AvgIpc) is 2.95. The number of hydrogen-bond donors (Lipinski definition) is 1. The Labute approximate surface area is 109 Å². The van der Waals surface area contributed by atoms with Crippen LogP contribution in [0, 0.1) is 11.8 Å². The Morgan fingerprint density at radius 2 is 1.94 bits per heavy atom. The largest absolute Gasteiger partial charge is 0.444 e. The highest BCUT2D eigenvalue weighted by Crippen LogP contribution is 2.33. The van der Waals surface area contributed by atoms with Gasteiger partial charge in [0.05, 0.1) is 0 Å². The molecule has 0 heterocycles. The Balaban J connectivity index is 2.13. The second kappa shape index (κ2) is 6.21. The van der Waals surface area contributed by atoms with E-state index in [4.69, 9.17) is 4.74 Å². The van der Waals surface area contributed by atoms with Crippen molar-refractivity contribution in [2.75, 3.05) is 6.54 Å². The van der Waals surface area contributed by atoms with E-state index in [9.17, 15) is 9.59 Å². The second-order valence-corrected chi connectivity index (χ2v) is 6.38. The van der Waals surface area contributed by atoms with Crippen molar-refractivity contribution in [3.63, 3.8) is 0 Å². The van der Waals surface area contributed by atoms with Crippen LogP contribution in [-0.2, 0) is 9.53 Å². The number of carbonyl (C=O) groups excluding carboxylic acids is 2. The lowest BCUT2D eigenvalue weighted by Crippen LogP contribution is -2.35. The Morgan fingerprint density at radius 3 is 2.44 bits per heavy atom. The molecule has 1 saturated carbocycles. The van der Waals surface area contributed by atoms with Crippen molar-refractivity contribution >= 4 is 11.9 Å². The summed E-state index contributed by atoms with van der Waals surface area (Å²) < 4.78 is 5.13.